The first-order valence-electron chi connectivity index (χ1n) is 5.33. The van der Waals surface area contributed by atoms with E-state index in [1.54, 1.807) is 0 Å². The molecule has 1 heterocycles. The van der Waals surface area contributed by atoms with Crippen LogP contribution in [0.1, 0.15) is 25.7 Å². The second kappa shape index (κ2) is 7.10. The highest BCUT2D eigenvalue weighted by atomic mass is 16.5. The lowest BCUT2D eigenvalue weighted by Gasteiger charge is -2.13. The van der Waals surface area contributed by atoms with Crippen LogP contribution >= 0.6 is 0 Å². The Labute approximate surface area is 81.4 Å². The molecule has 2 nitrogen and oxygen atoms in total. The van der Waals surface area contributed by atoms with Crippen LogP contribution in [0.4, 0.5) is 0 Å². The minimum Gasteiger partial charge on any atom is -0.377 e. The third-order valence-corrected chi connectivity index (χ3v) is 2.56. The van der Waals surface area contributed by atoms with E-state index in [1.807, 2.05) is 6.08 Å². The molecule has 1 aliphatic rings. The van der Waals surface area contributed by atoms with Crippen molar-refractivity contribution >= 4 is 0 Å². The minimum absolute atomic E-state index is 0.695. The van der Waals surface area contributed by atoms with Crippen molar-refractivity contribution in [2.45, 2.75) is 25.7 Å². The summed E-state index contributed by atoms with van der Waals surface area (Å²) in [6, 6.07) is 0. The fourth-order valence-electron chi connectivity index (χ4n) is 1.75. The molecule has 0 spiro atoms. The summed E-state index contributed by atoms with van der Waals surface area (Å²) in [5, 5.41) is 3.46. The van der Waals surface area contributed by atoms with Gasteiger partial charge in [0.1, 0.15) is 0 Å². The van der Waals surface area contributed by atoms with Crippen molar-refractivity contribution < 1.29 is 4.74 Å². The van der Waals surface area contributed by atoms with Crippen LogP contribution in [0.5, 0.6) is 0 Å². The maximum Gasteiger partial charge on any atom is 0.0644 e. The molecule has 1 saturated heterocycles. The molecule has 0 aromatic rings. The Morgan fingerprint density at radius 2 is 2.38 bits per heavy atom. The molecule has 1 N–H and O–H groups in total. The summed E-state index contributed by atoms with van der Waals surface area (Å²) in [6.07, 6.45) is 7.08. The normalized spacial score (nSPS) is 23.8. The fourth-order valence-corrected chi connectivity index (χ4v) is 1.75. The maximum absolute atomic E-state index is 5.38. The van der Waals surface area contributed by atoms with Gasteiger partial charge in [0.25, 0.3) is 0 Å². The first-order chi connectivity index (χ1) is 6.43. The first kappa shape index (κ1) is 10.7. The van der Waals surface area contributed by atoms with Crippen LogP contribution < -0.4 is 5.32 Å². The van der Waals surface area contributed by atoms with Crippen molar-refractivity contribution in [1.82, 2.24) is 5.32 Å². The fraction of sp³-hybridized carbons (Fsp3) is 0.818. The van der Waals surface area contributed by atoms with Crippen molar-refractivity contribution in [3.05, 3.63) is 12.7 Å². The van der Waals surface area contributed by atoms with Crippen LogP contribution in [0.2, 0.25) is 0 Å². The summed E-state index contributed by atoms with van der Waals surface area (Å²) in [6.45, 7) is 7.58. The molecule has 1 fully saturated rings. The predicted molar refractivity (Wildman–Crippen MR) is 55.8 cm³/mol. The molecule has 76 valence electrons. The molecular formula is C11H21NO. The third-order valence-electron chi connectivity index (χ3n) is 2.56. The van der Waals surface area contributed by atoms with Gasteiger partial charge in [-0.2, -0.15) is 0 Å². The summed E-state index contributed by atoms with van der Waals surface area (Å²) in [4.78, 5) is 0. The Kier molecular flexibility index (Phi) is 5.87. The SMILES string of the molecule is C=CCOCCC1CCCCNC1. The Balaban J connectivity index is 2.01. The minimum atomic E-state index is 0.695. The van der Waals surface area contributed by atoms with Gasteiger partial charge in [0.05, 0.1) is 6.61 Å². The van der Waals surface area contributed by atoms with Crippen molar-refractivity contribution in [2.24, 2.45) is 5.92 Å². The lowest BCUT2D eigenvalue weighted by atomic mass is 10.0. The van der Waals surface area contributed by atoms with Crippen LogP contribution in [-0.2, 0) is 4.74 Å². The summed E-state index contributed by atoms with van der Waals surface area (Å²) < 4.78 is 5.38. The van der Waals surface area contributed by atoms with Crippen molar-refractivity contribution in [3.8, 4) is 0 Å². The lowest BCUT2D eigenvalue weighted by Crippen LogP contribution is -2.21. The number of hydrogen-bond acceptors (Lipinski definition) is 2. The van der Waals surface area contributed by atoms with Crippen molar-refractivity contribution in [1.29, 1.82) is 0 Å². The van der Waals surface area contributed by atoms with Gasteiger partial charge in [0.2, 0.25) is 0 Å². The number of ether oxygens (including phenoxy) is 1. The smallest absolute Gasteiger partial charge is 0.0644 e. The topological polar surface area (TPSA) is 21.3 Å². The summed E-state index contributed by atoms with van der Waals surface area (Å²) in [7, 11) is 0. The molecule has 2 heteroatoms. The summed E-state index contributed by atoms with van der Waals surface area (Å²) in [5.41, 5.74) is 0. The Morgan fingerprint density at radius 3 is 3.23 bits per heavy atom. The van der Waals surface area contributed by atoms with Crippen LogP contribution in [0.15, 0.2) is 12.7 Å². The molecule has 0 saturated carbocycles. The number of hydrogen-bond donors (Lipinski definition) is 1. The molecule has 0 aromatic carbocycles. The zero-order chi connectivity index (χ0) is 9.36. The van der Waals surface area contributed by atoms with E-state index in [1.165, 1.54) is 38.8 Å². The Morgan fingerprint density at radius 1 is 1.46 bits per heavy atom. The molecule has 0 radical (unpaired) electrons. The van der Waals surface area contributed by atoms with Gasteiger partial charge in [-0.1, -0.05) is 12.5 Å². The molecular weight excluding hydrogens is 162 g/mol. The molecule has 1 unspecified atom stereocenters. The lowest BCUT2D eigenvalue weighted by molar-refractivity contribution is 0.144. The highest BCUT2D eigenvalue weighted by Crippen LogP contribution is 2.14. The average Bonchev–Trinajstić information content (AvgIpc) is 2.41. The molecule has 0 aromatic heterocycles. The van der Waals surface area contributed by atoms with E-state index < -0.39 is 0 Å². The first-order valence-corrected chi connectivity index (χ1v) is 5.33. The van der Waals surface area contributed by atoms with Crippen LogP contribution in [-0.4, -0.2) is 26.3 Å². The van der Waals surface area contributed by atoms with Gasteiger partial charge < -0.3 is 10.1 Å². The molecule has 1 aliphatic heterocycles. The van der Waals surface area contributed by atoms with Gasteiger partial charge in [-0.25, -0.2) is 0 Å². The van der Waals surface area contributed by atoms with Gasteiger partial charge in [-0.3, -0.25) is 0 Å². The second-order valence-electron chi connectivity index (χ2n) is 3.72. The number of rotatable bonds is 5. The molecule has 13 heavy (non-hydrogen) atoms. The van der Waals surface area contributed by atoms with E-state index in [2.05, 4.69) is 11.9 Å². The van der Waals surface area contributed by atoms with Crippen LogP contribution in [0.25, 0.3) is 0 Å². The zero-order valence-electron chi connectivity index (χ0n) is 8.43. The molecule has 1 atom stereocenters. The van der Waals surface area contributed by atoms with E-state index in [9.17, 15) is 0 Å². The molecule has 1 rings (SSSR count). The second-order valence-corrected chi connectivity index (χ2v) is 3.72. The molecule has 0 amide bonds. The quantitative estimate of drug-likeness (QED) is 0.520. The van der Waals surface area contributed by atoms with E-state index in [0.717, 1.165) is 12.5 Å². The van der Waals surface area contributed by atoms with E-state index in [0.29, 0.717) is 6.61 Å². The van der Waals surface area contributed by atoms with Gasteiger partial charge in [0, 0.05) is 6.61 Å². The van der Waals surface area contributed by atoms with Crippen molar-refractivity contribution in [2.75, 3.05) is 26.3 Å². The van der Waals surface area contributed by atoms with Gasteiger partial charge in [0.15, 0.2) is 0 Å². The zero-order valence-corrected chi connectivity index (χ0v) is 8.43. The van der Waals surface area contributed by atoms with E-state index in [-0.39, 0.29) is 0 Å². The highest BCUT2D eigenvalue weighted by molar-refractivity contribution is 4.68. The largest absolute Gasteiger partial charge is 0.377 e. The summed E-state index contributed by atoms with van der Waals surface area (Å²) >= 11 is 0. The van der Waals surface area contributed by atoms with E-state index in [4.69, 9.17) is 4.74 Å². The third kappa shape index (κ3) is 5.06. The Bertz CT molecular complexity index is 128. The predicted octanol–water partition coefficient (Wildman–Crippen LogP) is 1.97. The maximum atomic E-state index is 5.38. The van der Waals surface area contributed by atoms with Crippen LogP contribution in [0, 0.1) is 5.92 Å². The van der Waals surface area contributed by atoms with Gasteiger partial charge >= 0.3 is 0 Å². The van der Waals surface area contributed by atoms with Gasteiger partial charge in [-0.05, 0) is 38.3 Å². The molecule has 0 aliphatic carbocycles. The standard InChI is InChI=1S/C11H21NO/c1-2-8-13-9-6-11-5-3-4-7-12-10-11/h2,11-12H,1,3-10H2. The highest BCUT2D eigenvalue weighted by Gasteiger charge is 2.10. The monoisotopic (exact) mass is 183 g/mol. The van der Waals surface area contributed by atoms with Crippen LogP contribution in [0.3, 0.4) is 0 Å². The Hall–Kier alpha value is -0.340. The number of nitrogens with one attached hydrogen (secondary N) is 1. The average molecular weight is 183 g/mol. The molecule has 0 bridgehead atoms. The van der Waals surface area contributed by atoms with E-state index >= 15 is 0 Å². The summed E-state index contributed by atoms with van der Waals surface area (Å²) in [5.74, 6) is 0.826. The van der Waals surface area contributed by atoms with Crippen molar-refractivity contribution in [3.63, 3.8) is 0 Å². The van der Waals surface area contributed by atoms with Gasteiger partial charge in [-0.15, -0.1) is 6.58 Å².